The first-order valence-electron chi connectivity index (χ1n) is 8.94. The first-order chi connectivity index (χ1) is 14.3. The van der Waals surface area contributed by atoms with E-state index in [9.17, 15) is 9.59 Å². The first-order valence-corrected chi connectivity index (χ1v) is 10.9. The lowest BCUT2D eigenvalue weighted by molar-refractivity contribution is -0.132. The minimum Gasteiger partial charge on any atom is -0.493 e. The molecule has 0 aromatic heterocycles. The average molecular weight is 510 g/mol. The number of likely N-dealkylation sites (N-methyl/N-ethyl adjacent to an activating group) is 1. The highest BCUT2D eigenvalue weighted by molar-refractivity contribution is 9.10. The Kier molecular flexibility index (Phi) is 7.23. The van der Waals surface area contributed by atoms with Crippen molar-refractivity contribution in [3.8, 4) is 11.5 Å². The smallest absolute Gasteiger partial charge is 0.308 e. The van der Waals surface area contributed by atoms with Crippen molar-refractivity contribution in [2.75, 3.05) is 13.7 Å². The molecule has 30 heavy (non-hydrogen) atoms. The number of aliphatic imine (C=N–C) groups is 1. The fourth-order valence-electron chi connectivity index (χ4n) is 2.70. The van der Waals surface area contributed by atoms with Gasteiger partial charge in [0.1, 0.15) is 0 Å². The van der Waals surface area contributed by atoms with Gasteiger partial charge in [0.05, 0.1) is 22.7 Å². The van der Waals surface area contributed by atoms with Crippen LogP contribution in [0.15, 0.2) is 50.8 Å². The molecule has 0 saturated carbocycles. The third-order valence-electron chi connectivity index (χ3n) is 4.07. The minimum atomic E-state index is -0.437. The van der Waals surface area contributed by atoms with Crippen LogP contribution in [0.1, 0.15) is 19.4 Å². The zero-order valence-corrected chi connectivity index (χ0v) is 19.6. The van der Waals surface area contributed by atoms with Crippen LogP contribution in [-0.2, 0) is 9.59 Å². The number of nitrogens with zero attached hydrogens (tertiary/aromatic N) is 2. The number of hydrogen-bond acceptors (Lipinski definition) is 6. The Bertz CT molecular complexity index is 1070. The molecule has 1 fully saturated rings. The van der Waals surface area contributed by atoms with Crippen molar-refractivity contribution >= 4 is 68.1 Å². The van der Waals surface area contributed by atoms with Crippen molar-refractivity contribution in [2.24, 2.45) is 4.99 Å². The van der Waals surface area contributed by atoms with Crippen molar-refractivity contribution in [1.82, 2.24) is 4.90 Å². The Balaban J connectivity index is 1.92. The lowest BCUT2D eigenvalue weighted by Gasteiger charge is -2.12. The number of carbonyl (C=O) groups excluding carboxylic acids is 2. The number of amidine groups is 1. The summed E-state index contributed by atoms with van der Waals surface area (Å²) in [6.45, 7) is 3.70. The molecule has 156 valence electrons. The molecule has 0 unspecified atom stereocenters. The van der Waals surface area contributed by atoms with Crippen LogP contribution in [0.3, 0.4) is 0 Å². The maximum Gasteiger partial charge on any atom is 0.308 e. The summed E-state index contributed by atoms with van der Waals surface area (Å²) in [6.07, 6.45) is 1.76. The van der Waals surface area contributed by atoms with Gasteiger partial charge in [-0.3, -0.25) is 14.5 Å². The van der Waals surface area contributed by atoms with Gasteiger partial charge < -0.3 is 9.47 Å². The fraction of sp³-hybridized carbons (Fsp3) is 0.190. The van der Waals surface area contributed by atoms with Crippen LogP contribution in [0.2, 0.25) is 5.02 Å². The topological polar surface area (TPSA) is 68.2 Å². The highest BCUT2D eigenvalue weighted by Crippen LogP contribution is 2.36. The number of ether oxygens (including phenoxy) is 2. The van der Waals surface area contributed by atoms with Crippen LogP contribution in [0.4, 0.5) is 5.69 Å². The van der Waals surface area contributed by atoms with E-state index in [-0.39, 0.29) is 5.91 Å². The molecule has 0 N–H and O–H groups in total. The zero-order valence-electron chi connectivity index (χ0n) is 16.4. The van der Waals surface area contributed by atoms with Gasteiger partial charge in [-0.15, -0.1) is 0 Å². The van der Waals surface area contributed by atoms with Gasteiger partial charge in [-0.1, -0.05) is 17.7 Å². The largest absolute Gasteiger partial charge is 0.493 e. The Hall–Kier alpha value is -2.29. The van der Waals surface area contributed by atoms with Crippen molar-refractivity contribution in [3.63, 3.8) is 0 Å². The van der Waals surface area contributed by atoms with Crippen LogP contribution < -0.4 is 9.47 Å². The van der Waals surface area contributed by atoms with E-state index in [1.54, 1.807) is 35.2 Å². The Morgan fingerprint density at radius 2 is 2.03 bits per heavy atom. The standard InChI is InChI=1S/C21H18BrClN2O4S/c1-4-25-20(27)19(30-21(25)24-14-6-7-15(22)16(23)11-14)10-13-5-8-17(29-12(2)26)18(9-13)28-3/h5-11H,4H2,1-3H3/b19-10-,24-21?. The molecule has 0 atom stereocenters. The summed E-state index contributed by atoms with van der Waals surface area (Å²) in [5.41, 5.74) is 1.40. The molecular formula is C21H18BrClN2O4S. The van der Waals surface area contributed by atoms with Crippen LogP contribution in [0, 0.1) is 0 Å². The van der Waals surface area contributed by atoms with E-state index in [1.807, 2.05) is 19.1 Å². The van der Waals surface area contributed by atoms with Crippen LogP contribution in [0.5, 0.6) is 11.5 Å². The third-order valence-corrected chi connectivity index (χ3v) is 6.31. The van der Waals surface area contributed by atoms with Crippen LogP contribution in [-0.4, -0.2) is 35.6 Å². The molecule has 0 aliphatic carbocycles. The number of hydrogen-bond donors (Lipinski definition) is 0. The van der Waals surface area contributed by atoms with Crippen molar-refractivity contribution < 1.29 is 19.1 Å². The number of methoxy groups -OCH3 is 1. The average Bonchev–Trinajstić information content (AvgIpc) is 2.99. The molecular weight excluding hydrogens is 492 g/mol. The predicted molar refractivity (Wildman–Crippen MR) is 124 cm³/mol. The van der Waals surface area contributed by atoms with E-state index in [0.29, 0.717) is 38.8 Å². The molecule has 0 bridgehead atoms. The van der Waals surface area contributed by atoms with E-state index in [2.05, 4.69) is 20.9 Å². The second kappa shape index (κ2) is 9.68. The van der Waals surface area contributed by atoms with E-state index in [4.69, 9.17) is 21.1 Å². The molecule has 9 heteroatoms. The minimum absolute atomic E-state index is 0.132. The zero-order chi connectivity index (χ0) is 21.8. The van der Waals surface area contributed by atoms with Gasteiger partial charge in [-0.05, 0) is 76.6 Å². The highest BCUT2D eigenvalue weighted by atomic mass is 79.9. The number of carbonyl (C=O) groups is 2. The van der Waals surface area contributed by atoms with Crippen molar-refractivity contribution in [1.29, 1.82) is 0 Å². The summed E-state index contributed by atoms with van der Waals surface area (Å²) in [4.78, 5) is 30.8. The Labute approximate surface area is 192 Å². The third kappa shape index (κ3) is 5.06. The molecule has 1 amide bonds. The summed E-state index contributed by atoms with van der Waals surface area (Å²) < 4.78 is 11.2. The monoisotopic (exact) mass is 508 g/mol. The van der Waals surface area contributed by atoms with Gasteiger partial charge in [-0.25, -0.2) is 4.99 Å². The van der Waals surface area contributed by atoms with Gasteiger partial charge in [-0.2, -0.15) is 0 Å². The van der Waals surface area contributed by atoms with E-state index in [1.165, 1.54) is 25.8 Å². The van der Waals surface area contributed by atoms with Crippen molar-refractivity contribution in [2.45, 2.75) is 13.8 Å². The quantitative estimate of drug-likeness (QED) is 0.295. The summed E-state index contributed by atoms with van der Waals surface area (Å²) in [5.74, 6) is 0.156. The number of halogens is 2. The van der Waals surface area contributed by atoms with Gasteiger partial charge >= 0.3 is 5.97 Å². The first kappa shape index (κ1) is 22.4. The molecule has 2 aromatic carbocycles. The molecule has 1 saturated heterocycles. The number of thioether (sulfide) groups is 1. The molecule has 2 aromatic rings. The molecule has 6 nitrogen and oxygen atoms in total. The number of amides is 1. The lowest BCUT2D eigenvalue weighted by Crippen LogP contribution is -2.28. The normalized spacial score (nSPS) is 16.4. The summed E-state index contributed by atoms with van der Waals surface area (Å²) in [7, 11) is 1.49. The SMILES string of the molecule is CCN1C(=O)/C(=C/c2ccc(OC(C)=O)c(OC)c2)SC1=Nc1ccc(Br)c(Cl)c1. The Morgan fingerprint density at radius 1 is 1.27 bits per heavy atom. The predicted octanol–water partition coefficient (Wildman–Crippen LogP) is 5.66. The van der Waals surface area contributed by atoms with E-state index < -0.39 is 5.97 Å². The number of rotatable bonds is 5. The molecule has 0 spiro atoms. The van der Waals surface area contributed by atoms with Crippen LogP contribution >= 0.6 is 39.3 Å². The molecule has 0 radical (unpaired) electrons. The second-order valence-corrected chi connectivity index (χ2v) is 8.43. The van der Waals surface area contributed by atoms with E-state index >= 15 is 0 Å². The van der Waals surface area contributed by atoms with Gasteiger partial charge in [0.15, 0.2) is 16.7 Å². The van der Waals surface area contributed by atoms with Gasteiger partial charge in [0.2, 0.25) is 0 Å². The number of benzene rings is 2. The number of esters is 1. The summed E-state index contributed by atoms with van der Waals surface area (Å²) in [6, 6.07) is 10.5. The Morgan fingerprint density at radius 3 is 2.67 bits per heavy atom. The molecule has 3 rings (SSSR count). The summed E-state index contributed by atoms with van der Waals surface area (Å²) in [5, 5.41) is 1.13. The molecule has 1 heterocycles. The van der Waals surface area contributed by atoms with Gasteiger partial charge in [0, 0.05) is 17.9 Å². The summed E-state index contributed by atoms with van der Waals surface area (Å²) >= 11 is 10.8. The molecule has 1 aliphatic heterocycles. The second-order valence-electron chi connectivity index (χ2n) is 6.16. The van der Waals surface area contributed by atoms with E-state index in [0.717, 1.165) is 10.0 Å². The maximum atomic E-state index is 12.9. The highest BCUT2D eigenvalue weighted by Gasteiger charge is 2.32. The lowest BCUT2D eigenvalue weighted by atomic mass is 10.2. The van der Waals surface area contributed by atoms with Crippen molar-refractivity contribution in [3.05, 3.63) is 56.4 Å². The van der Waals surface area contributed by atoms with Gasteiger partial charge in [0.25, 0.3) is 5.91 Å². The molecule has 1 aliphatic rings. The fourth-order valence-corrected chi connectivity index (χ4v) is 4.18. The van der Waals surface area contributed by atoms with Crippen LogP contribution in [0.25, 0.3) is 6.08 Å². The maximum absolute atomic E-state index is 12.9.